The lowest BCUT2D eigenvalue weighted by Crippen LogP contribution is -2.61. The van der Waals surface area contributed by atoms with Gasteiger partial charge in [0, 0.05) is 39.8 Å². The lowest BCUT2D eigenvalue weighted by Gasteiger charge is -2.42. The van der Waals surface area contributed by atoms with Crippen LogP contribution in [-0.4, -0.2) is 103 Å². The molecule has 8 nitrogen and oxygen atoms in total. The van der Waals surface area contributed by atoms with Gasteiger partial charge in [-0.1, -0.05) is 13.8 Å². The Bertz CT molecular complexity index is 591. The van der Waals surface area contributed by atoms with E-state index in [9.17, 15) is 14.4 Å². The molecule has 8 heteroatoms. The van der Waals surface area contributed by atoms with Crippen molar-refractivity contribution in [2.24, 2.45) is 5.92 Å². The lowest BCUT2D eigenvalue weighted by molar-refractivity contribution is -0.143. The molecule has 0 N–H and O–H groups in total. The third-order valence-electron chi connectivity index (χ3n) is 5.97. The molecule has 4 amide bonds. The fourth-order valence-corrected chi connectivity index (χ4v) is 4.55. The van der Waals surface area contributed by atoms with Crippen molar-refractivity contribution in [1.29, 1.82) is 0 Å². The highest BCUT2D eigenvalue weighted by molar-refractivity contribution is 5.92. The van der Waals surface area contributed by atoms with Crippen LogP contribution in [0.4, 0.5) is 4.79 Å². The summed E-state index contributed by atoms with van der Waals surface area (Å²) in [7, 11) is 1.62. The predicted octanol–water partition coefficient (Wildman–Crippen LogP) is 1.01. The Morgan fingerprint density at radius 3 is 2.43 bits per heavy atom. The minimum atomic E-state index is -0.446. The zero-order valence-corrected chi connectivity index (χ0v) is 17.4. The Kier molecular flexibility index (Phi) is 6.80. The van der Waals surface area contributed by atoms with E-state index in [2.05, 4.69) is 13.8 Å². The Morgan fingerprint density at radius 2 is 1.79 bits per heavy atom. The van der Waals surface area contributed by atoms with Gasteiger partial charge in [0.05, 0.1) is 12.6 Å². The monoisotopic (exact) mass is 394 g/mol. The molecule has 0 unspecified atom stereocenters. The second-order valence-electron chi connectivity index (χ2n) is 8.59. The van der Waals surface area contributed by atoms with E-state index in [0.717, 1.165) is 25.9 Å². The highest BCUT2D eigenvalue weighted by atomic mass is 16.5. The van der Waals surface area contributed by atoms with Crippen LogP contribution in [0.3, 0.4) is 0 Å². The zero-order chi connectivity index (χ0) is 20.3. The first-order valence-corrected chi connectivity index (χ1v) is 10.5. The number of amides is 4. The molecule has 3 rings (SSSR count). The normalized spacial score (nSPS) is 25.7. The van der Waals surface area contributed by atoms with Crippen LogP contribution >= 0.6 is 0 Å². The Morgan fingerprint density at radius 1 is 1.11 bits per heavy atom. The number of fused-ring (bicyclic) bond motifs is 1. The van der Waals surface area contributed by atoms with Crippen LogP contribution in [0.25, 0.3) is 0 Å². The zero-order valence-electron chi connectivity index (χ0n) is 17.4. The number of urea groups is 1. The molecular weight excluding hydrogens is 360 g/mol. The molecular formula is C20H34N4O4. The molecule has 0 spiro atoms. The molecule has 0 radical (unpaired) electrons. The number of piperidine rings is 1. The molecule has 2 atom stereocenters. The standard InChI is InChI=1S/C20H34N4O4/c1-15(2)11-17-19(26)22(9-10-28-3)12-16-13-23(20(27)24(16)17)14-18(25)21-7-5-4-6-8-21/h15-17H,4-14H2,1-3H3/t16-,17-/m0/s1. The van der Waals surface area contributed by atoms with Gasteiger partial charge in [0.2, 0.25) is 11.8 Å². The lowest BCUT2D eigenvalue weighted by atomic mass is 9.97. The number of hydrogen-bond donors (Lipinski definition) is 0. The Balaban J connectivity index is 1.71. The van der Waals surface area contributed by atoms with E-state index in [-0.39, 0.29) is 30.4 Å². The number of methoxy groups -OCH3 is 1. The first-order valence-electron chi connectivity index (χ1n) is 10.5. The number of rotatable bonds is 7. The first kappa shape index (κ1) is 20.9. The Hall–Kier alpha value is -1.83. The van der Waals surface area contributed by atoms with Gasteiger partial charge in [-0.05, 0) is 31.6 Å². The molecule has 0 aliphatic carbocycles. The quantitative estimate of drug-likeness (QED) is 0.646. The molecule has 0 aromatic carbocycles. The average molecular weight is 395 g/mol. The number of nitrogens with zero attached hydrogens (tertiary/aromatic N) is 4. The van der Waals surface area contributed by atoms with Crippen molar-refractivity contribution in [2.75, 3.05) is 53.0 Å². The van der Waals surface area contributed by atoms with E-state index in [1.165, 1.54) is 6.42 Å². The minimum Gasteiger partial charge on any atom is -0.383 e. The minimum absolute atomic E-state index is 0.000410. The third kappa shape index (κ3) is 4.42. The molecule has 3 saturated heterocycles. The summed E-state index contributed by atoms with van der Waals surface area (Å²) >= 11 is 0. The second-order valence-corrected chi connectivity index (χ2v) is 8.59. The molecule has 3 aliphatic heterocycles. The van der Waals surface area contributed by atoms with Crippen molar-refractivity contribution in [1.82, 2.24) is 19.6 Å². The first-order chi connectivity index (χ1) is 13.4. The van der Waals surface area contributed by atoms with Gasteiger partial charge < -0.3 is 24.3 Å². The van der Waals surface area contributed by atoms with Crippen LogP contribution in [-0.2, 0) is 14.3 Å². The fourth-order valence-electron chi connectivity index (χ4n) is 4.55. The molecule has 158 valence electrons. The second kappa shape index (κ2) is 9.11. The summed E-state index contributed by atoms with van der Waals surface area (Å²) in [6.07, 6.45) is 3.87. The molecule has 0 aromatic heterocycles. The predicted molar refractivity (Wildman–Crippen MR) is 105 cm³/mol. The van der Waals surface area contributed by atoms with Gasteiger partial charge >= 0.3 is 6.03 Å². The van der Waals surface area contributed by atoms with E-state index in [1.807, 2.05) is 9.80 Å². The Labute approximate surface area is 167 Å². The molecule has 3 fully saturated rings. The summed E-state index contributed by atoms with van der Waals surface area (Å²) < 4.78 is 5.15. The van der Waals surface area contributed by atoms with E-state index >= 15 is 0 Å². The summed E-state index contributed by atoms with van der Waals surface area (Å²) in [4.78, 5) is 45.8. The summed E-state index contributed by atoms with van der Waals surface area (Å²) in [6.45, 7) is 7.85. The number of carbonyl (C=O) groups excluding carboxylic acids is 3. The van der Waals surface area contributed by atoms with Crippen molar-refractivity contribution in [3.63, 3.8) is 0 Å². The van der Waals surface area contributed by atoms with Crippen LogP contribution in [0.15, 0.2) is 0 Å². The number of likely N-dealkylation sites (tertiary alicyclic amines) is 1. The molecule has 0 aromatic rings. The van der Waals surface area contributed by atoms with Gasteiger partial charge in [0.15, 0.2) is 0 Å². The van der Waals surface area contributed by atoms with Crippen molar-refractivity contribution >= 4 is 17.8 Å². The van der Waals surface area contributed by atoms with Gasteiger partial charge in [0.1, 0.15) is 12.6 Å². The summed E-state index contributed by atoms with van der Waals surface area (Å²) in [5, 5.41) is 0. The molecule has 3 aliphatic rings. The van der Waals surface area contributed by atoms with Crippen LogP contribution in [0.1, 0.15) is 39.5 Å². The highest BCUT2D eigenvalue weighted by Crippen LogP contribution is 2.29. The van der Waals surface area contributed by atoms with Crippen molar-refractivity contribution in [3.8, 4) is 0 Å². The van der Waals surface area contributed by atoms with Gasteiger partial charge in [-0.15, -0.1) is 0 Å². The number of hydrogen-bond acceptors (Lipinski definition) is 4. The smallest absolute Gasteiger partial charge is 0.321 e. The molecule has 0 bridgehead atoms. The molecule has 0 saturated carbocycles. The SMILES string of the molecule is COCCN1C[C@H]2CN(CC(=O)N3CCCCC3)C(=O)N2[C@@H](CC(C)C)C1=O. The van der Waals surface area contributed by atoms with E-state index in [4.69, 9.17) is 4.74 Å². The van der Waals surface area contributed by atoms with Gasteiger partial charge in [-0.25, -0.2) is 4.79 Å². The van der Waals surface area contributed by atoms with Crippen molar-refractivity contribution < 1.29 is 19.1 Å². The van der Waals surface area contributed by atoms with Crippen LogP contribution in [0, 0.1) is 5.92 Å². The van der Waals surface area contributed by atoms with Crippen LogP contribution < -0.4 is 0 Å². The highest BCUT2D eigenvalue weighted by Gasteiger charge is 2.49. The van der Waals surface area contributed by atoms with Gasteiger partial charge in [-0.2, -0.15) is 0 Å². The number of carbonyl (C=O) groups is 3. The van der Waals surface area contributed by atoms with E-state index < -0.39 is 6.04 Å². The topological polar surface area (TPSA) is 73.4 Å². The van der Waals surface area contributed by atoms with Gasteiger partial charge in [-0.3, -0.25) is 9.59 Å². The molecule has 3 heterocycles. The number of piperazine rings is 1. The van der Waals surface area contributed by atoms with Crippen LogP contribution in [0.2, 0.25) is 0 Å². The van der Waals surface area contributed by atoms with Crippen LogP contribution in [0.5, 0.6) is 0 Å². The maximum atomic E-state index is 13.1. The molecule has 28 heavy (non-hydrogen) atoms. The maximum absolute atomic E-state index is 13.1. The van der Waals surface area contributed by atoms with Crippen molar-refractivity contribution in [2.45, 2.75) is 51.6 Å². The largest absolute Gasteiger partial charge is 0.383 e. The van der Waals surface area contributed by atoms with E-state index in [1.54, 1.807) is 16.9 Å². The summed E-state index contributed by atoms with van der Waals surface area (Å²) in [5.41, 5.74) is 0. The van der Waals surface area contributed by atoms with Crippen molar-refractivity contribution in [3.05, 3.63) is 0 Å². The third-order valence-corrected chi connectivity index (χ3v) is 5.97. The maximum Gasteiger partial charge on any atom is 0.321 e. The fraction of sp³-hybridized carbons (Fsp3) is 0.850. The average Bonchev–Trinajstić information content (AvgIpc) is 2.98. The summed E-state index contributed by atoms with van der Waals surface area (Å²) in [6, 6.07) is -0.668. The summed E-state index contributed by atoms with van der Waals surface area (Å²) in [5.74, 6) is 0.323. The van der Waals surface area contributed by atoms with Gasteiger partial charge in [0.25, 0.3) is 0 Å². The van der Waals surface area contributed by atoms with E-state index in [0.29, 0.717) is 38.6 Å². The number of ether oxygens (including phenoxy) is 1.